The Morgan fingerprint density at radius 3 is 2.38 bits per heavy atom. The van der Waals surface area contributed by atoms with Gasteiger partial charge < -0.3 is 19.4 Å². The number of nitrogens with zero attached hydrogens (tertiary/aromatic N) is 5. The molecule has 0 aliphatic carbocycles. The minimum absolute atomic E-state index is 0.0751. The van der Waals surface area contributed by atoms with Crippen LogP contribution in [0.2, 0.25) is 0 Å². The molecule has 2 aliphatic rings. The Kier molecular flexibility index (Phi) is 6.47. The van der Waals surface area contributed by atoms with Crippen LogP contribution < -0.4 is 14.5 Å². The van der Waals surface area contributed by atoms with Crippen molar-refractivity contribution in [1.82, 2.24) is 14.9 Å². The van der Waals surface area contributed by atoms with Crippen LogP contribution in [-0.2, 0) is 4.79 Å². The van der Waals surface area contributed by atoms with Gasteiger partial charge in [-0.2, -0.15) is 0 Å². The number of anilines is 2. The van der Waals surface area contributed by atoms with E-state index in [0.717, 1.165) is 55.0 Å². The number of carbonyl (C=O) groups excluding carboxylic acids is 1. The monoisotopic (exact) mass is 463 g/mol. The number of carbonyl (C=O) groups is 1. The Labute approximate surface area is 199 Å². The number of piperidine rings is 1. The fraction of sp³-hybridized carbons (Fsp3) is 0.423. The number of ether oxygens (including phenoxy) is 1. The molecule has 0 spiro atoms. The van der Waals surface area contributed by atoms with Crippen molar-refractivity contribution in [3.63, 3.8) is 0 Å². The first-order valence-electron chi connectivity index (χ1n) is 12.1. The second kappa shape index (κ2) is 9.83. The van der Waals surface area contributed by atoms with Gasteiger partial charge in [0.25, 0.3) is 5.88 Å². The molecule has 0 unspecified atom stereocenters. The van der Waals surface area contributed by atoms with Gasteiger partial charge in [-0.05, 0) is 56.2 Å². The van der Waals surface area contributed by atoms with Crippen LogP contribution in [0.1, 0.15) is 19.8 Å². The van der Waals surface area contributed by atoms with Gasteiger partial charge in [0.15, 0.2) is 5.82 Å². The smallest absolute Gasteiger partial charge is 0.258 e. The molecule has 2 saturated heterocycles. The lowest BCUT2D eigenvalue weighted by molar-refractivity contribution is -0.136. The maximum atomic E-state index is 13.4. The van der Waals surface area contributed by atoms with Crippen LogP contribution in [0.15, 0.2) is 48.5 Å². The van der Waals surface area contributed by atoms with Crippen molar-refractivity contribution in [3.8, 4) is 5.88 Å². The van der Waals surface area contributed by atoms with Gasteiger partial charge in [-0.25, -0.2) is 14.4 Å². The minimum atomic E-state index is -0.233. The Morgan fingerprint density at radius 2 is 1.68 bits per heavy atom. The lowest BCUT2D eigenvalue weighted by atomic mass is 9.96. The SMILES string of the molecule is CCOc1nc2ccccc2nc1N1CCC[C@@H](C(=O)N2CCN(c3ccc(F)cc3)CC2)C1. The molecule has 1 amide bonds. The van der Waals surface area contributed by atoms with Crippen molar-refractivity contribution in [2.45, 2.75) is 19.8 Å². The molecule has 8 heteroatoms. The molecule has 0 saturated carbocycles. The fourth-order valence-corrected chi connectivity index (χ4v) is 4.88. The predicted octanol–water partition coefficient (Wildman–Crippen LogP) is 3.73. The average Bonchev–Trinajstić information content (AvgIpc) is 2.89. The van der Waals surface area contributed by atoms with Crippen molar-refractivity contribution in [2.75, 3.05) is 55.7 Å². The summed E-state index contributed by atoms with van der Waals surface area (Å²) in [4.78, 5) is 29.3. The number of amides is 1. The summed E-state index contributed by atoms with van der Waals surface area (Å²) < 4.78 is 19.1. The van der Waals surface area contributed by atoms with Gasteiger partial charge in [0.2, 0.25) is 5.91 Å². The molecule has 5 rings (SSSR count). The number of hydrogen-bond donors (Lipinski definition) is 0. The standard InChI is InChI=1S/C26H30FN5O2/c1-2-34-25-24(28-22-7-3-4-8-23(22)29-25)32-13-5-6-19(18-32)26(33)31-16-14-30(15-17-31)21-11-9-20(27)10-12-21/h3-4,7-12,19H,2,5-6,13-18H2,1H3/t19-/m1/s1. The zero-order valence-corrected chi connectivity index (χ0v) is 19.5. The Hall–Kier alpha value is -3.42. The number of fused-ring (bicyclic) bond motifs is 1. The molecular formula is C26H30FN5O2. The van der Waals surface area contributed by atoms with Gasteiger partial charge in [-0.1, -0.05) is 12.1 Å². The number of aromatic nitrogens is 2. The summed E-state index contributed by atoms with van der Waals surface area (Å²) in [5.41, 5.74) is 2.63. The van der Waals surface area contributed by atoms with E-state index in [0.29, 0.717) is 32.1 Å². The molecule has 0 N–H and O–H groups in total. The van der Waals surface area contributed by atoms with E-state index in [1.54, 1.807) is 12.1 Å². The van der Waals surface area contributed by atoms with E-state index in [2.05, 4.69) is 9.80 Å². The van der Waals surface area contributed by atoms with Crippen LogP contribution in [0.5, 0.6) is 5.88 Å². The van der Waals surface area contributed by atoms with Gasteiger partial charge in [-0.3, -0.25) is 4.79 Å². The van der Waals surface area contributed by atoms with Crippen molar-refractivity contribution < 1.29 is 13.9 Å². The van der Waals surface area contributed by atoms with Crippen molar-refractivity contribution in [1.29, 1.82) is 0 Å². The molecule has 3 aromatic rings. The van der Waals surface area contributed by atoms with Crippen LogP contribution in [-0.4, -0.2) is 66.7 Å². The highest BCUT2D eigenvalue weighted by Gasteiger charge is 2.33. The number of rotatable bonds is 5. The van der Waals surface area contributed by atoms with E-state index in [1.807, 2.05) is 36.1 Å². The molecule has 1 atom stereocenters. The number of halogens is 1. The zero-order chi connectivity index (χ0) is 23.5. The third kappa shape index (κ3) is 4.62. The molecule has 0 radical (unpaired) electrons. The third-order valence-corrected chi connectivity index (χ3v) is 6.66. The van der Waals surface area contributed by atoms with Crippen molar-refractivity contribution in [2.24, 2.45) is 5.92 Å². The van der Waals surface area contributed by atoms with Crippen molar-refractivity contribution in [3.05, 3.63) is 54.3 Å². The second-order valence-electron chi connectivity index (χ2n) is 8.85. The molecular weight excluding hydrogens is 433 g/mol. The van der Waals surface area contributed by atoms with Gasteiger partial charge in [-0.15, -0.1) is 0 Å². The molecule has 2 aromatic carbocycles. The molecule has 2 fully saturated rings. The first kappa shape index (κ1) is 22.4. The molecule has 7 nitrogen and oxygen atoms in total. The van der Waals surface area contributed by atoms with Gasteiger partial charge in [0, 0.05) is 45.0 Å². The molecule has 0 bridgehead atoms. The summed E-state index contributed by atoms with van der Waals surface area (Å²) in [7, 11) is 0. The Morgan fingerprint density at radius 1 is 0.971 bits per heavy atom. The number of piperazine rings is 1. The Balaban J connectivity index is 1.27. The summed E-state index contributed by atoms with van der Waals surface area (Å²) in [5, 5.41) is 0. The molecule has 34 heavy (non-hydrogen) atoms. The van der Waals surface area contributed by atoms with Crippen LogP contribution in [0.25, 0.3) is 11.0 Å². The van der Waals surface area contributed by atoms with E-state index < -0.39 is 0 Å². The first-order chi connectivity index (χ1) is 16.6. The zero-order valence-electron chi connectivity index (χ0n) is 19.5. The Bertz CT molecular complexity index is 1150. The van der Waals surface area contributed by atoms with Gasteiger partial charge >= 0.3 is 0 Å². The second-order valence-corrected chi connectivity index (χ2v) is 8.85. The normalized spacial score (nSPS) is 18.9. The van der Waals surface area contributed by atoms with Crippen LogP contribution >= 0.6 is 0 Å². The largest absolute Gasteiger partial charge is 0.475 e. The predicted molar refractivity (Wildman–Crippen MR) is 131 cm³/mol. The van der Waals surface area contributed by atoms with Crippen LogP contribution in [0, 0.1) is 11.7 Å². The number of hydrogen-bond acceptors (Lipinski definition) is 6. The van der Waals surface area contributed by atoms with E-state index >= 15 is 0 Å². The molecule has 3 heterocycles. The highest BCUT2D eigenvalue weighted by atomic mass is 19.1. The van der Waals surface area contributed by atoms with Crippen LogP contribution in [0.3, 0.4) is 0 Å². The number of benzene rings is 2. The van der Waals surface area contributed by atoms with E-state index in [4.69, 9.17) is 14.7 Å². The highest BCUT2D eigenvalue weighted by Crippen LogP contribution is 2.31. The van der Waals surface area contributed by atoms with Crippen molar-refractivity contribution >= 4 is 28.4 Å². The van der Waals surface area contributed by atoms with Crippen LogP contribution in [0.4, 0.5) is 15.9 Å². The first-order valence-corrected chi connectivity index (χ1v) is 12.1. The third-order valence-electron chi connectivity index (χ3n) is 6.66. The summed E-state index contributed by atoms with van der Waals surface area (Å²) in [6.45, 7) is 6.74. The molecule has 178 valence electrons. The lowest BCUT2D eigenvalue weighted by Gasteiger charge is -2.40. The lowest BCUT2D eigenvalue weighted by Crippen LogP contribution is -2.52. The average molecular weight is 464 g/mol. The quantitative estimate of drug-likeness (QED) is 0.575. The van der Waals surface area contributed by atoms with E-state index in [9.17, 15) is 9.18 Å². The minimum Gasteiger partial charge on any atom is -0.475 e. The maximum Gasteiger partial charge on any atom is 0.258 e. The maximum absolute atomic E-state index is 13.4. The molecule has 2 aliphatic heterocycles. The van der Waals surface area contributed by atoms with E-state index in [-0.39, 0.29) is 17.6 Å². The summed E-state index contributed by atoms with van der Waals surface area (Å²) in [6.07, 6.45) is 1.80. The number of para-hydroxylation sites is 2. The topological polar surface area (TPSA) is 61.8 Å². The van der Waals surface area contributed by atoms with Gasteiger partial charge in [0.1, 0.15) is 5.82 Å². The summed E-state index contributed by atoms with van der Waals surface area (Å²) in [5.74, 6) is 1.15. The van der Waals surface area contributed by atoms with E-state index in [1.165, 1.54) is 12.1 Å². The highest BCUT2D eigenvalue weighted by molar-refractivity contribution is 5.81. The summed E-state index contributed by atoms with van der Waals surface area (Å²) in [6, 6.07) is 14.3. The van der Waals surface area contributed by atoms with Gasteiger partial charge in [0.05, 0.1) is 23.6 Å². The summed E-state index contributed by atoms with van der Waals surface area (Å²) >= 11 is 0. The fourth-order valence-electron chi connectivity index (χ4n) is 4.88. The molecule has 1 aromatic heterocycles.